The summed E-state index contributed by atoms with van der Waals surface area (Å²) in [6.45, 7) is 3.07. The maximum Gasteiger partial charge on any atom is 0.243 e. The number of aliphatic imine (C=N–C) groups is 1. The Balaban J connectivity index is 2.93. The Bertz CT molecular complexity index is 321. The van der Waals surface area contributed by atoms with Crippen molar-refractivity contribution in [2.45, 2.75) is 13.8 Å². The van der Waals surface area contributed by atoms with Crippen LogP contribution in [0, 0.1) is 0 Å². The fraction of sp³-hybridized carbons (Fsp3) is 0.222. The number of ketones is 1. The molecule has 62 valence electrons. The molecule has 3 nitrogen and oxygen atoms in total. The molecule has 0 aromatic rings. The van der Waals surface area contributed by atoms with Gasteiger partial charge in [-0.25, -0.2) is 4.99 Å². The molecule has 0 N–H and O–H groups in total. The van der Waals surface area contributed by atoms with Gasteiger partial charge in [0.05, 0.1) is 5.71 Å². The van der Waals surface area contributed by atoms with E-state index < -0.39 is 0 Å². The quantitative estimate of drug-likeness (QED) is 0.501. The first-order chi connectivity index (χ1) is 5.59. The van der Waals surface area contributed by atoms with E-state index in [1.807, 2.05) is 0 Å². The summed E-state index contributed by atoms with van der Waals surface area (Å²) in [6, 6.07) is 0. The minimum atomic E-state index is -0.256. The van der Waals surface area contributed by atoms with Crippen LogP contribution in [0.5, 0.6) is 0 Å². The normalized spacial score (nSPS) is 19.7. The van der Waals surface area contributed by atoms with E-state index in [1.54, 1.807) is 13.0 Å². The molecule has 0 saturated heterocycles. The van der Waals surface area contributed by atoms with E-state index in [-0.39, 0.29) is 11.7 Å². The fourth-order valence-electron chi connectivity index (χ4n) is 0.885. The lowest BCUT2D eigenvalue weighted by molar-refractivity contribution is -0.115. The van der Waals surface area contributed by atoms with Gasteiger partial charge >= 0.3 is 0 Å². The van der Waals surface area contributed by atoms with Crippen molar-refractivity contribution in [2.24, 2.45) is 4.99 Å². The molecule has 1 aliphatic rings. The Morgan fingerprint density at radius 2 is 2.08 bits per heavy atom. The third-order valence-corrected chi connectivity index (χ3v) is 1.45. The van der Waals surface area contributed by atoms with Crippen LogP contribution in [0.4, 0.5) is 0 Å². The Morgan fingerprint density at radius 3 is 2.58 bits per heavy atom. The number of hydrogen-bond acceptors (Lipinski definition) is 2. The number of amides is 1. The van der Waals surface area contributed by atoms with Gasteiger partial charge in [-0.2, -0.15) is 0 Å². The summed E-state index contributed by atoms with van der Waals surface area (Å²) in [4.78, 5) is 25.2. The lowest BCUT2D eigenvalue weighted by atomic mass is 10.1. The van der Waals surface area contributed by atoms with Gasteiger partial charge in [0.2, 0.25) is 5.91 Å². The molecule has 1 amide bonds. The van der Waals surface area contributed by atoms with E-state index in [1.165, 1.54) is 19.1 Å². The number of carbonyl (C=O) groups excluding carboxylic acids is 2. The molecule has 0 atom stereocenters. The van der Waals surface area contributed by atoms with Crippen molar-refractivity contribution in [1.29, 1.82) is 0 Å². The third-order valence-electron chi connectivity index (χ3n) is 1.45. The Morgan fingerprint density at radius 1 is 1.42 bits per heavy atom. The van der Waals surface area contributed by atoms with E-state index in [2.05, 4.69) is 4.99 Å². The van der Waals surface area contributed by atoms with Crippen LogP contribution >= 0.6 is 0 Å². The summed E-state index contributed by atoms with van der Waals surface area (Å²) in [5.74, 6) is -0.287. The molecule has 0 fully saturated rings. The Hall–Kier alpha value is -1.51. The van der Waals surface area contributed by atoms with Crippen LogP contribution in [-0.2, 0) is 9.59 Å². The van der Waals surface area contributed by atoms with Crippen LogP contribution in [0.3, 0.4) is 0 Å². The molecule has 0 spiro atoms. The van der Waals surface area contributed by atoms with Gasteiger partial charge in [-0.1, -0.05) is 0 Å². The van der Waals surface area contributed by atoms with Gasteiger partial charge in [-0.05, 0) is 30.7 Å². The lowest BCUT2D eigenvalue weighted by Gasteiger charge is -2.01. The molecule has 0 bridgehead atoms. The zero-order valence-corrected chi connectivity index (χ0v) is 7.00. The van der Waals surface area contributed by atoms with Gasteiger partial charge in [-0.15, -0.1) is 0 Å². The summed E-state index contributed by atoms with van der Waals surface area (Å²) < 4.78 is 0. The molecule has 0 aromatic carbocycles. The molecule has 0 aliphatic heterocycles. The number of rotatable bonds is 0. The van der Waals surface area contributed by atoms with Crippen molar-refractivity contribution < 1.29 is 9.59 Å². The number of carbonyl (C=O) groups is 2. The van der Waals surface area contributed by atoms with Crippen LogP contribution < -0.4 is 0 Å². The van der Waals surface area contributed by atoms with E-state index >= 15 is 0 Å². The third kappa shape index (κ3) is 1.99. The van der Waals surface area contributed by atoms with Crippen LogP contribution in [0.1, 0.15) is 13.8 Å². The maximum atomic E-state index is 10.9. The van der Waals surface area contributed by atoms with Gasteiger partial charge in [0.25, 0.3) is 0 Å². The molecule has 1 rings (SSSR count). The number of allylic oxidation sites excluding steroid dienone is 4. The summed E-state index contributed by atoms with van der Waals surface area (Å²) in [5.41, 5.74) is 1.15. The average molecular weight is 163 g/mol. The summed E-state index contributed by atoms with van der Waals surface area (Å²) in [7, 11) is 0. The molecule has 12 heavy (non-hydrogen) atoms. The maximum absolute atomic E-state index is 10.9. The Labute approximate surface area is 70.5 Å². The van der Waals surface area contributed by atoms with Crippen LogP contribution in [-0.4, -0.2) is 17.4 Å². The predicted octanol–water partition coefficient (Wildman–Crippen LogP) is 1.06. The highest BCUT2D eigenvalue weighted by atomic mass is 16.1. The van der Waals surface area contributed by atoms with Crippen molar-refractivity contribution in [1.82, 2.24) is 0 Å². The van der Waals surface area contributed by atoms with Crippen LogP contribution in [0.2, 0.25) is 0 Å². The van der Waals surface area contributed by atoms with Crippen molar-refractivity contribution in [3.63, 3.8) is 0 Å². The van der Waals surface area contributed by atoms with E-state index in [0.29, 0.717) is 11.3 Å². The molecular weight excluding hydrogens is 154 g/mol. The first kappa shape index (κ1) is 8.59. The lowest BCUT2D eigenvalue weighted by Crippen LogP contribution is -2.06. The number of nitrogens with zero attached hydrogens (tertiary/aromatic N) is 1. The zero-order chi connectivity index (χ0) is 9.14. The van der Waals surface area contributed by atoms with E-state index in [0.717, 1.165) is 0 Å². The van der Waals surface area contributed by atoms with Crippen molar-refractivity contribution in [3.8, 4) is 0 Å². The molecule has 0 radical (unpaired) electrons. The molecule has 3 heteroatoms. The summed E-state index contributed by atoms with van der Waals surface area (Å²) in [6.07, 6.45) is 4.55. The van der Waals surface area contributed by atoms with E-state index in [4.69, 9.17) is 0 Å². The SMILES string of the molecule is CC(=O)N=C1C=CC(=O)C(C)=C1. The van der Waals surface area contributed by atoms with Gasteiger partial charge in [-0.3, -0.25) is 9.59 Å². The highest BCUT2D eigenvalue weighted by Gasteiger charge is 2.06. The molecule has 0 saturated carbocycles. The van der Waals surface area contributed by atoms with Crippen molar-refractivity contribution >= 4 is 17.4 Å². The van der Waals surface area contributed by atoms with Crippen molar-refractivity contribution in [3.05, 3.63) is 23.8 Å². The highest BCUT2D eigenvalue weighted by Crippen LogP contribution is 2.04. The molecule has 1 aliphatic carbocycles. The van der Waals surface area contributed by atoms with Crippen LogP contribution in [0.15, 0.2) is 28.8 Å². The first-order valence-corrected chi connectivity index (χ1v) is 3.59. The second kappa shape index (κ2) is 3.26. The van der Waals surface area contributed by atoms with Gasteiger partial charge in [0.1, 0.15) is 0 Å². The fourth-order valence-corrected chi connectivity index (χ4v) is 0.885. The molecular formula is C9H9NO2. The highest BCUT2D eigenvalue weighted by molar-refractivity contribution is 6.20. The van der Waals surface area contributed by atoms with E-state index in [9.17, 15) is 9.59 Å². The second-order valence-corrected chi connectivity index (χ2v) is 2.58. The molecule has 0 unspecified atom stereocenters. The zero-order valence-electron chi connectivity index (χ0n) is 7.00. The largest absolute Gasteiger partial charge is 0.290 e. The summed E-state index contributed by atoms with van der Waals surface area (Å²) >= 11 is 0. The first-order valence-electron chi connectivity index (χ1n) is 3.59. The van der Waals surface area contributed by atoms with Gasteiger partial charge in [0, 0.05) is 6.92 Å². The topological polar surface area (TPSA) is 46.5 Å². The molecule has 0 heterocycles. The number of hydrogen-bond donors (Lipinski definition) is 0. The Kier molecular flexibility index (Phi) is 2.33. The molecule has 0 aromatic heterocycles. The minimum absolute atomic E-state index is 0.0301. The smallest absolute Gasteiger partial charge is 0.243 e. The van der Waals surface area contributed by atoms with Crippen LogP contribution in [0.25, 0.3) is 0 Å². The predicted molar refractivity (Wildman–Crippen MR) is 46.0 cm³/mol. The standard InChI is InChI=1S/C9H9NO2/c1-6-5-8(10-7(2)11)3-4-9(6)12/h3-5H,1-2H3. The van der Waals surface area contributed by atoms with Gasteiger partial charge in [0.15, 0.2) is 5.78 Å². The monoisotopic (exact) mass is 163 g/mol. The van der Waals surface area contributed by atoms with Gasteiger partial charge < -0.3 is 0 Å². The summed E-state index contributed by atoms with van der Waals surface area (Å²) in [5, 5.41) is 0. The second-order valence-electron chi connectivity index (χ2n) is 2.58. The average Bonchev–Trinajstić information content (AvgIpc) is 1.96. The van der Waals surface area contributed by atoms with Crippen molar-refractivity contribution in [2.75, 3.05) is 0 Å². The minimum Gasteiger partial charge on any atom is -0.290 e.